The number of benzene rings is 1. The maximum atomic E-state index is 12.1. The molecule has 6 heteroatoms. The fraction of sp³-hybridized carbons (Fsp3) is 0.632. The Kier molecular flexibility index (Phi) is 5.93. The fourth-order valence-electron chi connectivity index (χ4n) is 3.82. The fourth-order valence-corrected chi connectivity index (χ4v) is 3.82. The van der Waals surface area contributed by atoms with Gasteiger partial charge in [0.15, 0.2) is 0 Å². The lowest BCUT2D eigenvalue weighted by Gasteiger charge is -2.47. The number of carbonyl (C=O) groups excluding carboxylic acids is 1. The van der Waals surface area contributed by atoms with Crippen LogP contribution in [0.3, 0.4) is 0 Å². The SMILES string of the molecule is COCCN1CCC2(CC1)C[C@@H](NC(=O)COC)c1ccccc1O2. The van der Waals surface area contributed by atoms with Gasteiger partial charge in [0.1, 0.15) is 18.0 Å². The minimum Gasteiger partial charge on any atom is -0.487 e. The summed E-state index contributed by atoms with van der Waals surface area (Å²) in [5, 5.41) is 3.12. The van der Waals surface area contributed by atoms with Gasteiger partial charge in [0, 0.05) is 45.8 Å². The Labute approximate surface area is 149 Å². The molecule has 6 nitrogen and oxygen atoms in total. The van der Waals surface area contributed by atoms with Crippen molar-refractivity contribution in [1.82, 2.24) is 10.2 Å². The van der Waals surface area contributed by atoms with E-state index in [0.29, 0.717) is 0 Å². The Balaban J connectivity index is 1.72. The average molecular weight is 348 g/mol. The number of methoxy groups -OCH3 is 2. The van der Waals surface area contributed by atoms with Crippen LogP contribution in [-0.4, -0.2) is 63.5 Å². The van der Waals surface area contributed by atoms with E-state index < -0.39 is 0 Å². The highest BCUT2D eigenvalue weighted by Crippen LogP contribution is 2.44. The van der Waals surface area contributed by atoms with Crippen molar-refractivity contribution in [1.29, 1.82) is 0 Å². The van der Waals surface area contributed by atoms with Gasteiger partial charge in [0.25, 0.3) is 0 Å². The van der Waals surface area contributed by atoms with Crippen LogP contribution in [0.15, 0.2) is 24.3 Å². The van der Waals surface area contributed by atoms with Gasteiger partial charge >= 0.3 is 0 Å². The highest BCUT2D eigenvalue weighted by molar-refractivity contribution is 5.77. The molecule has 3 rings (SSSR count). The Morgan fingerprint density at radius 3 is 2.76 bits per heavy atom. The molecule has 1 saturated heterocycles. The second-order valence-electron chi connectivity index (χ2n) is 6.91. The first-order valence-corrected chi connectivity index (χ1v) is 8.93. The van der Waals surface area contributed by atoms with Gasteiger partial charge in [-0.1, -0.05) is 18.2 Å². The predicted octanol–water partition coefficient (Wildman–Crippen LogP) is 1.75. The van der Waals surface area contributed by atoms with Crippen LogP contribution in [-0.2, 0) is 14.3 Å². The van der Waals surface area contributed by atoms with E-state index >= 15 is 0 Å². The normalized spacial score (nSPS) is 22.2. The summed E-state index contributed by atoms with van der Waals surface area (Å²) in [4.78, 5) is 14.5. The van der Waals surface area contributed by atoms with Crippen LogP contribution in [0, 0.1) is 0 Å². The molecule has 1 aromatic rings. The summed E-state index contributed by atoms with van der Waals surface area (Å²) in [5.41, 5.74) is 0.850. The van der Waals surface area contributed by atoms with Gasteiger partial charge in [-0.15, -0.1) is 0 Å². The third kappa shape index (κ3) is 4.32. The summed E-state index contributed by atoms with van der Waals surface area (Å²) < 4.78 is 16.6. The molecule has 0 saturated carbocycles. The number of amides is 1. The van der Waals surface area contributed by atoms with Crippen LogP contribution >= 0.6 is 0 Å². The summed E-state index contributed by atoms with van der Waals surface area (Å²) in [6, 6.07) is 7.98. The van der Waals surface area contributed by atoms with E-state index in [2.05, 4.69) is 10.2 Å². The largest absolute Gasteiger partial charge is 0.487 e. The zero-order chi connectivity index (χ0) is 17.7. The van der Waals surface area contributed by atoms with Crippen molar-refractivity contribution in [3.05, 3.63) is 29.8 Å². The molecule has 138 valence electrons. The molecule has 1 N–H and O–H groups in total. The first-order valence-electron chi connectivity index (χ1n) is 8.93. The van der Waals surface area contributed by atoms with Gasteiger partial charge in [-0.25, -0.2) is 0 Å². The molecule has 0 aromatic heterocycles. The number of fused-ring (bicyclic) bond motifs is 1. The zero-order valence-electron chi connectivity index (χ0n) is 15.1. The van der Waals surface area contributed by atoms with E-state index in [-0.39, 0.29) is 24.2 Å². The van der Waals surface area contributed by atoms with Gasteiger partial charge < -0.3 is 24.4 Å². The number of ether oxygens (including phenoxy) is 3. The molecule has 2 heterocycles. The van der Waals surface area contributed by atoms with E-state index in [1.165, 1.54) is 7.11 Å². The van der Waals surface area contributed by atoms with Gasteiger partial charge in [0.2, 0.25) is 5.91 Å². The Morgan fingerprint density at radius 1 is 1.28 bits per heavy atom. The zero-order valence-corrected chi connectivity index (χ0v) is 15.1. The molecule has 25 heavy (non-hydrogen) atoms. The second-order valence-corrected chi connectivity index (χ2v) is 6.91. The second kappa shape index (κ2) is 8.17. The van der Waals surface area contributed by atoms with Crippen molar-refractivity contribution in [2.45, 2.75) is 30.9 Å². The summed E-state index contributed by atoms with van der Waals surface area (Å²) >= 11 is 0. The Bertz CT molecular complexity index is 585. The number of nitrogens with zero attached hydrogens (tertiary/aromatic N) is 1. The summed E-state index contributed by atoms with van der Waals surface area (Å²) in [5.74, 6) is 0.804. The van der Waals surface area contributed by atoms with Crippen LogP contribution in [0.4, 0.5) is 0 Å². The number of carbonyl (C=O) groups is 1. The van der Waals surface area contributed by atoms with Crippen LogP contribution in [0.25, 0.3) is 0 Å². The van der Waals surface area contributed by atoms with Crippen LogP contribution < -0.4 is 10.1 Å². The molecular formula is C19H28N2O4. The number of rotatable bonds is 6. The van der Waals surface area contributed by atoms with Crippen LogP contribution in [0.2, 0.25) is 0 Å². The third-order valence-corrected chi connectivity index (χ3v) is 5.19. The van der Waals surface area contributed by atoms with Crippen molar-refractivity contribution >= 4 is 5.91 Å². The smallest absolute Gasteiger partial charge is 0.246 e. The molecule has 1 spiro atoms. The molecule has 0 aliphatic carbocycles. The van der Waals surface area contributed by atoms with Crippen molar-refractivity contribution in [3.63, 3.8) is 0 Å². The lowest BCUT2D eigenvalue weighted by Crippen LogP contribution is -2.52. The maximum absolute atomic E-state index is 12.1. The van der Waals surface area contributed by atoms with Crippen LogP contribution in [0.1, 0.15) is 30.9 Å². The number of hydrogen-bond acceptors (Lipinski definition) is 5. The van der Waals surface area contributed by atoms with Crippen LogP contribution in [0.5, 0.6) is 5.75 Å². The predicted molar refractivity (Wildman–Crippen MR) is 94.7 cm³/mol. The highest BCUT2D eigenvalue weighted by Gasteiger charge is 2.43. The molecule has 1 aromatic carbocycles. The van der Waals surface area contributed by atoms with Crippen molar-refractivity contribution < 1.29 is 19.0 Å². The monoisotopic (exact) mass is 348 g/mol. The first-order chi connectivity index (χ1) is 12.2. The third-order valence-electron chi connectivity index (χ3n) is 5.19. The van der Waals surface area contributed by atoms with Gasteiger partial charge in [0.05, 0.1) is 12.6 Å². The number of piperidine rings is 1. The van der Waals surface area contributed by atoms with E-state index in [1.807, 2.05) is 24.3 Å². The van der Waals surface area contributed by atoms with E-state index in [4.69, 9.17) is 14.2 Å². The molecule has 1 fully saturated rings. The molecule has 2 aliphatic rings. The van der Waals surface area contributed by atoms with Gasteiger partial charge in [-0.05, 0) is 18.9 Å². The van der Waals surface area contributed by atoms with Gasteiger partial charge in [-0.2, -0.15) is 0 Å². The Morgan fingerprint density at radius 2 is 2.04 bits per heavy atom. The molecule has 0 radical (unpaired) electrons. The van der Waals surface area contributed by atoms with E-state index in [0.717, 1.165) is 56.8 Å². The van der Waals surface area contributed by atoms with Gasteiger partial charge in [-0.3, -0.25) is 4.79 Å². The Hall–Kier alpha value is -1.63. The van der Waals surface area contributed by atoms with Crippen molar-refractivity contribution in [2.75, 3.05) is 47.1 Å². The van der Waals surface area contributed by atoms with Crippen molar-refractivity contribution in [2.24, 2.45) is 0 Å². The first kappa shape index (κ1) is 18.2. The molecule has 0 bridgehead atoms. The average Bonchev–Trinajstić information content (AvgIpc) is 2.61. The minimum absolute atomic E-state index is 0.0295. The minimum atomic E-state index is -0.205. The number of likely N-dealkylation sites (tertiary alicyclic amines) is 1. The summed E-state index contributed by atoms with van der Waals surface area (Å²) in [6.07, 6.45) is 2.72. The molecule has 2 aliphatic heterocycles. The molecule has 0 unspecified atom stereocenters. The number of nitrogens with one attached hydrogen (secondary N) is 1. The molecule has 1 amide bonds. The topological polar surface area (TPSA) is 60.0 Å². The van der Waals surface area contributed by atoms with E-state index in [1.54, 1.807) is 7.11 Å². The highest BCUT2D eigenvalue weighted by atomic mass is 16.5. The molecular weight excluding hydrogens is 320 g/mol. The maximum Gasteiger partial charge on any atom is 0.246 e. The molecule has 1 atom stereocenters. The lowest BCUT2D eigenvalue weighted by atomic mass is 9.80. The van der Waals surface area contributed by atoms with Crippen molar-refractivity contribution in [3.8, 4) is 5.75 Å². The number of hydrogen-bond donors (Lipinski definition) is 1. The number of para-hydroxylation sites is 1. The standard InChI is InChI=1S/C19H28N2O4/c1-23-12-11-21-9-7-19(8-10-21)13-16(20-18(22)14-24-2)15-5-3-4-6-17(15)25-19/h3-6,16H,7-14H2,1-2H3,(H,20,22)/t16-/m1/s1. The quantitative estimate of drug-likeness (QED) is 0.849. The summed E-state index contributed by atoms with van der Waals surface area (Å²) in [7, 11) is 3.27. The van der Waals surface area contributed by atoms with E-state index in [9.17, 15) is 4.79 Å². The summed E-state index contributed by atoms with van der Waals surface area (Å²) in [6.45, 7) is 3.77. The lowest BCUT2D eigenvalue weighted by molar-refractivity contribution is -0.126.